The molecule has 0 amide bonds. The topological polar surface area (TPSA) is 18.5 Å². The SMILES string of the molecule is CCOP(OCC)Sc1ccccc1. The van der Waals surface area contributed by atoms with Crippen LogP contribution in [0.15, 0.2) is 35.2 Å². The second-order valence-electron chi connectivity index (χ2n) is 2.46. The van der Waals surface area contributed by atoms with Crippen LogP contribution < -0.4 is 0 Å². The number of hydrogen-bond donors (Lipinski definition) is 0. The normalized spacial score (nSPS) is 10.8. The van der Waals surface area contributed by atoms with Crippen molar-refractivity contribution in [2.45, 2.75) is 18.7 Å². The van der Waals surface area contributed by atoms with Crippen LogP contribution >= 0.6 is 19.0 Å². The van der Waals surface area contributed by atoms with Crippen LogP contribution in [0, 0.1) is 0 Å². The van der Waals surface area contributed by atoms with Crippen LogP contribution in [0.4, 0.5) is 0 Å². The average molecular weight is 230 g/mol. The Bertz CT molecular complexity index is 237. The zero-order valence-electron chi connectivity index (χ0n) is 8.47. The predicted octanol–water partition coefficient (Wildman–Crippen LogP) is 4.08. The molecule has 0 saturated heterocycles. The minimum Gasteiger partial charge on any atom is -0.326 e. The van der Waals surface area contributed by atoms with Gasteiger partial charge in [-0.1, -0.05) is 18.2 Å². The lowest BCUT2D eigenvalue weighted by atomic mass is 10.4. The van der Waals surface area contributed by atoms with Gasteiger partial charge in [0.2, 0.25) is 7.58 Å². The van der Waals surface area contributed by atoms with Gasteiger partial charge in [-0.3, -0.25) is 0 Å². The molecule has 0 aliphatic carbocycles. The van der Waals surface area contributed by atoms with Gasteiger partial charge in [0, 0.05) is 4.90 Å². The molecule has 14 heavy (non-hydrogen) atoms. The highest BCUT2D eigenvalue weighted by Gasteiger charge is 2.10. The Balaban J connectivity index is 2.46. The van der Waals surface area contributed by atoms with Gasteiger partial charge in [-0.25, -0.2) is 0 Å². The van der Waals surface area contributed by atoms with Crippen molar-refractivity contribution in [1.29, 1.82) is 0 Å². The van der Waals surface area contributed by atoms with Gasteiger partial charge in [0.25, 0.3) is 0 Å². The van der Waals surface area contributed by atoms with Crippen molar-refractivity contribution in [3.05, 3.63) is 30.3 Å². The van der Waals surface area contributed by atoms with Crippen molar-refractivity contribution in [3.63, 3.8) is 0 Å². The molecule has 1 aromatic rings. The van der Waals surface area contributed by atoms with E-state index in [1.54, 1.807) is 11.4 Å². The molecule has 0 unspecified atom stereocenters. The Labute approximate surface area is 90.7 Å². The molecule has 0 spiro atoms. The molecule has 0 N–H and O–H groups in total. The number of hydrogen-bond acceptors (Lipinski definition) is 3. The van der Waals surface area contributed by atoms with Gasteiger partial charge in [-0.15, -0.1) is 0 Å². The molecule has 2 nitrogen and oxygen atoms in total. The summed E-state index contributed by atoms with van der Waals surface area (Å²) in [6.07, 6.45) is 0. The maximum absolute atomic E-state index is 5.49. The van der Waals surface area contributed by atoms with Gasteiger partial charge in [-0.2, -0.15) is 0 Å². The molecule has 0 atom stereocenters. The van der Waals surface area contributed by atoms with E-state index in [1.807, 2.05) is 32.0 Å². The van der Waals surface area contributed by atoms with Crippen LogP contribution in [-0.4, -0.2) is 13.2 Å². The van der Waals surface area contributed by atoms with E-state index in [1.165, 1.54) is 4.90 Å². The molecular weight excluding hydrogens is 215 g/mol. The zero-order chi connectivity index (χ0) is 10.2. The third-order valence-electron chi connectivity index (χ3n) is 1.39. The summed E-state index contributed by atoms with van der Waals surface area (Å²) in [6, 6.07) is 10.2. The molecule has 1 aromatic carbocycles. The molecule has 78 valence electrons. The number of benzene rings is 1. The molecule has 0 aliphatic heterocycles. The largest absolute Gasteiger partial charge is 0.326 e. The Kier molecular flexibility index (Phi) is 6.20. The van der Waals surface area contributed by atoms with Crippen LogP contribution in [-0.2, 0) is 9.05 Å². The van der Waals surface area contributed by atoms with Crippen molar-refractivity contribution in [1.82, 2.24) is 0 Å². The summed E-state index contributed by atoms with van der Waals surface area (Å²) >= 11 is 1.66. The Morgan fingerprint density at radius 2 is 1.64 bits per heavy atom. The fourth-order valence-corrected chi connectivity index (χ4v) is 3.75. The van der Waals surface area contributed by atoms with Gasteiger partial charge in [0.05, 0.1) is 13.2 Å². The van der Waals surface area contributed by atoms with E-state index in [0.717, 1.165) is 0 Å². The van der Waals surface area contributed by atoms with E-state index in [0.29, 0.717) is 13.2 Å². The molecule has 0 aromatic heterocycles. The van der Waals surface area contributed by atoms with E-state index in [-0.39, 0.29) is 0 Å². The standard InChI is InChI=1S/C10H15O2PS/c1-3-11-13(12-4-2)14-10-8-6-5-7-9-10/h5-9H,3-4H2,1-2H3. The van der Waals surface area contributed by atoms with E-state index in [9.17, 15) is 0 Å². The first-order valence-electron chi connectivity index (χ1n) is 4.65. The Hall–Kier alpha value is -0.0800. The summed E-state index contributed by atoms with van der Waals surface area (Å²) in [5.41, 5.74) is 0. The maximum atomic E-state index is 5.49. The minimum absolute atomic E-state index is 0.700. The first-order chi connectivity index (χ1) is 6.86. The van der Waals surface area contributed by atoms with Crippen LogP contribution in [0.3, 0.4) is 0 Å². The smallest absolute Gasteiger partial charge is 0.243 e. The van der Waals surface area contributed by atoms with Crippen molar-refractivity contribution < 1.29 is 9.05 Å². The zero-order valence-corrected chi connectivity index (χ0v) is 10.2. The molecule has 1 rings (SSSR count). The molecule has 4 heteroatoms. The maximum Gasteiger partial charge on any atom is 0.243 e. The molecule has 0 radical (unpaired) electrons. The van der Waals surface area contributed by atoms with E-state index >= 15 is 0 Å². The third kappa shape index (κ3) is 4.43. The van der Waals surface area contributed by atoms with Gasteiger partial charge >= 0.3 is 0 Å². The Morgan fingerprint density at radius 1 is 1.07 bits per heavy atom. The predicted molar refractivity (Wildman–Crippen MR) is 62.5 cm³/mol. The summed E-state index contributed by atoms with van der Waals surface area (Å²) < 4.78 is 11.0. The van der Waals surface area contributed by atoms with Gasteiger partial charge in [0.1, 0.15) is 0 Å². The van der Waals surface area contributed by atoms with Crippen molar-refractivity contribution in [3.8, 4) is 0 Å². The highest BCUT2D eigenvalue weighted by molar-refractivity contribution is 8.52. The van der Waals surface area contributed by atoms with Crippen molar-refractivity contribution >= 4 is 19.0 Å². The summed E-state index contributed by atoms with van der Waals surface area (Å²) in [5, 5.41) is 0. The first kappa shape index (κ1) is 12.0. The van der Waals surface area contributed by atoms with E-state index < -0.39 is 7.58 Å². The van der Waals surface area contributed by atoms with Gasteiger partial charge in [0.15, 0.2) is 0 Å². The summed E-state index contributed by atoms with van der Waals surface area (Å²) in [6.45, 7) is 5.37. The molecule has 0 heterocycles. The average Bonchev–Trinajstić information content (AvgIpc) is 2.20. The monoisotopic (exact) mass is 230 g/mol. The van der Waals surface area contributed by atoms with Crippen LogP contribution in [0.2, 0.25) is 0 Å². The Morgan fingerprint density at radius 3 is 2.14 bits per heavy atom. The minimum atomic E-state index is -0.820. The highest BCUT2D eigenvalue weighted by atomic mass is 32.7. The van der Waals surface area contributed by atoms with Crippen molar-refractivity contribution in [2.24, 2.45) is 0 Å². The molecule has 0 fully saturated rings. The van der Waals surface area contributed by atoms with Crippen LogP contribution in [0.5, 0.6) is 0 Å². The van der Waals surface area contributed by atoms with E-state index in [2.05, 4.69) is 12.1 Å². The molecule has 0 saturated carbocycles. The molecule has 0 bridgehead atoms. The summed E-state index contributed by atoms with van der Waals surface area (Å²) in [4.78, 5) is 1.19. The van der Waals surface area contributed by atoms with Crippen LogP contribution in [0.1, 0.15) is 13.8 Å². The lowest BCUT2D eigenvalue weighted by molar-refractivity contribution is 0.283. The van der Waals surface area contributed by atoms with Crippen LogP contribution in [0.25, 0.3) is 0 Å². The first-order valence-corrected chi connectivity index (χ1v) is 7.25. The number of rotatable bonds is 6. The molecular formula is C10H15O2PS. The quantitative estimate of drug-likeness (QED) is 0.686. The molecule has 0 aliphatic rings. The van der Waals surface area contributed by atoms with Gasteiger partial charge in [-0.05, 0) is 37.4 Å². The lowest BCUT2D eigenvalue weighted by Gasteiger charge is -2.13. The fourth-order valence-electron chi connectivity index (χ4n) is 0.868. The highest BCUT2D eigenvalue weighted by Crippen LogP contribution is 2.55. The van der Waals surface area contributed by atoms with Gasteiger partial charge < -0.3 is 9.05 Å². The second kappa shape index (κ2) is 7.24. The second-order valence-corrected chi connectivity index (χ2v) is 5.52. The lowest BCUT2D eigenvalue weighted by Crippen LogP contribution is -1.86. The van der Waals surface area contributed by atoms with Crippen molar-refractivity contribution in [2.75, 3.05) is 13.2 Å². The fraction of sp³-hybridized carbons (Fsp3) is 0.400. The third-order valence-corrected chi connectivity index (χ3v) is 4.67. The van der Waals surface area contributed by atoms with E-state index in [4.69, 9.17) is 9.05 Å². The summed E-state index contributed by atoms with van der Waals surface area (Å²) in [5.74, 6) is 0. The summed E-state index contributed by atoms with van der Waals surface area (Å²) in [7, 11) is -0.820.